The Labute approximate surface area is 198 Å². The lowest BCUT2D eigenvalue weighted by Gasteiger charge is -2.19. The average Bonchev–Trinajstić information content (AvgIpc) is 3.37. The number of nitrogen functional groups attached to an aromatic ring is 1. The van der Waals surface area contributed by atoms with Gasteiger partial charge in [0.15, 0.2) is 0 Å². The first-order valence-corrected chi connectivity index (χ1v) is 11.2. The van der Waals surface area contributed by atoms with E-state index < -0.39 is 0 Å². The van der Waals surface area contributed by atoms with Crippen LogP contribution in [0, 0.1) is 11.8 Å². The van der Waals surface area contributed by atoms with E-state index in [0.717, 1.165) is 5.56 Å². The number of aromatic nitrogens is 3. The molecule has 2 amide bonds. The van der Waals surface area contributed by atoms with Crippen molar-refractivity contribution < 1.29 is 9.59 Å². The molecule has 1 aromatic carbocycles. The number of anilines is 1. The normalized spacial score (nSPS) is 18.3. The molecule has 1 aliphatic heterocycles. The molecule has 3 atom stereocenters. The van der Waals surface area contributed by atoms with Gasteiger partial charge in [0, 0.05) is 12.6 Å². The first-order chi connectivity index (χ1) is 16.4. The van der Waals surface area contributed by atoms with E-state index >= 15 is 0 Å². The van der Waals surface area contributed by atoms with Crippen LogP contribution in [-0.2, 0) is 4.79 Å². The van der Waals surface area contributed by atoms with E-state index in [1.54, 1.807) is 11.8 Å². The zero-order valence-corrected chi connectivity index (χ0v) is 19.6. The van der Waals surface area contributed by atoms with Crippen LogP contribution in [0.2, 0.25) is 0 Å². The number of nitrogens with one attached hydrogen (secondary N) is 1. The standard InChI is InChI=1S/C26H28N6O2/c1-5-10-20-22(26(34)30-17(4)18-11-8-7-9-12-18)23-24(27)28-15-29-25(23)32(20)19-13-16(3)31(14-19)21(33)6-2/h6-9,11-12,15-17,19H,2,13-14H2,1,3-4H3,(H,30,34)(H2,27,28,29)/t16-,17+,19+/m0/s1. The summed E-state index contributed by atoms with van der Waals surface area (Å²) in [5.74, 6) is 5.82. The molecule has 0 radical (unpaired) electrons. The lowest BCUT2D eigenvalue weighted by atomic mass is 10.1. The van der Waals surface area contributed by atoms with E-state index in [-0.39, 0.29) is 35.8 Å². The maximum atomic E-state index is 13.6. The fraction of sp³-hybridized carbons (Fsp3) is 0.308. The number of likely N-dealkylation sites (tertiary alicyclic amines) is 1. The molecule has 1 saturated heterocycles. The molecule has 8 heteroatoms. The van der Waals surface area contributed by atoms with Crippen molar-refractivity contribution in [3.05, 3.63) is 66.1 Å². The summed E-state index contributed by atoms with van der Waals surface area (Å²) in [6.45, 7) is 9.71. The second-order valence-corrected chi connectivity index (χ2v) is 8.47. The molecule has 4 rings (SSSR count). The number of rotatable bonds is 5. The number of nitrogens with two attached hydrogens (primary N) is 1. The van der Waals surface area contributed by atoms with Gasteiger partial charge in [-0.05, 0) is 44.8 Å². The van der Waals surface area contributed by atoms with E-state index in [1.807, 2.05) is 48.7 Å². The van der Waals surface area contributed by atoms with Crippen LogP contribution in [0.4, 0.5) is 5.82 Å². The highest BCUT2D eigenvalue weighted by atomic mass is 16.2. The average molecular weight is 457 g/mol. The predicted octanol–water partition coefficient (Wildman–Crippen LogP) is 3.22. The Balaban J connectivity index is 1.84. The maximum absolute atomic E-state index is 13.6. The lowest BCUT2D eigenvalue weighted by molar-refractivity contribution is -0.126. The summed E-state index contributed by atoms with van der Waals surface area (Å²) < 4.78 is 1.94. The van der Waals surface area contributed by atoms with Crippen LogP contribution in [0.25, 0.3) is 11.0 Å². The van der Waals surface area contributed by atoms with Crippen LogP contribution in [0.1, 0.15) is 60.9 Å². The SMILES string of the molecule is C=CC(=O)N1C[C@H](n2c(C#CC)c(C(=O)N[C@H](C)c3ccccc3)c3c(N)ncnc32)C[C@@H]1C. The third kappa shape index (κ3) is 4.01. The highest BCUT2D eigenvalue weighted by Gasteiger charge is 2.36. The Kier molecular flexibility index (Phi) is 6.37. The Morgan fingerprint density at radius 2 is 2.03 bits per heavy atom. The molecule has 1 fully saturated rings. The monoisotopic (exact) mass is 456 g/mol. The minimum atomic E-state index is -0.301. The fourth-order valence-electron chi connectivity index (χ4n) is 4.68. The largest absolute Gasteiger partial charge is 0.383 e. The summed E-state index contributed by atoms with van der Waals surface area (Å²) in [7, 11) is 0. The maximum Gasteiger partial charge on any atom is 0.255 e. The van der Waals surface area contributed by atoms with Crippen LogP contribution in [0.5, 0.6) is 0 Å². The quantitative estimate of drug-likeness (QED) is 0.453. The molecule has 0 unspecified atom stereocenters. The number of benzene rings is 1. The molecule has 2 aromatic heterocycles. The van der Waals surface area contributed by atoms with E-state index in [1.165, 1.54) is 12.4 Å². The van der Waals surface area contributed by atoms with E-state index in [0.29, 0.717) is 35.3 Å². The molecule has 1 aliphatic rings. The first kappa shape index (κ1) is 23.1. The first-order valence-electron chi connectivity index (χ1n) is 11.2. The summed E-state index contributed by atoms with van der Waals surface area (Å²) >= 11 is 0. The van der Waals surface area contributed by atoms with Crippen molar-refractivity contribution in [2.24, 2.45) is 0 Å². The molecule has 0 aliphatic carbocycles. The van der Waals surface area contributed by atoms with Gasteiger partial charge in [0.2, 0.25) is 5.91 Å². The van der Waals surface area contributed by atoms with Crippen LogP contribution >= 0.6 is 0 Å². The highest BCUT2D eigenvalue weighted by molar-refractivity contribution is 6.12. The van der Waals surface area contributed by atoms with Crippen molar-refractivity contribution in [1.82, 2.24) is 24.8 Å². The van der Waals surface area contributed by atoms with Crippen LogP contribution < -0.4 is 11.1 Å². The van der Waals surface area contributed by atoms with Gasteiger partial charge in [-0.15, -0.1) is 0 Å². The Morgan fingerprint density at radius 1 is 1.29 bits per heavy atom. The van der Waals surface area contributed by atoms with Gasteiger partial charge in [-0.1, -0.05) is 42.8 Å². The second-order valence-electron chi connectivity index (χ2n) is 8.47. The zero-order chi connectivity index (χ0) is 24.4. The number of carbonyl (C=O) groups is 2. The molecule has 174 valence electrons. The molecule has 0 spiro atoms. The van der Waals surface area contributed by atoms with E-state index in [2.05, 4.69) is 33.7 Å². The highest BCUT2D eigenvalue weighted by Crippen LogP contribution is 2.36. The summed E-state index contributed by atoms with van der Waals surface area (Å²) in [5.41, 5.74) is 8.66. The molecule has 0 saturated carbocycles. The third-order valence-corrected chi connectivity index (χ3v) is 6.31. The minimum absolute atomic E-state index is 0.00458. The fourth-order valence-corrected chi connectivity index (χ4v) is 4.68. The number of amides is 2. The summed E-state index contributed by atoms with van der Waals surface area (Å²) in [4.78, 5) is 36.4. The van der Waals surface area contributed by atoms with Gasteiger partial charge in [0.25, 0.3) is 5.91 Å². The summed E-state index contributed by atoms with van der Waals surface area (Å²) in [6, 6.07) is 9.37. The van der Waals surface area contributed by atoms with Gasteiger partial charge in [-0.3, -0.25) is 9.59 Å². The Morgan fingerprint density at radius 3 is 2.71 bits per heavy atom. The number of hydrogen-bond acceptors (Lipinski definition) is 5. The van der Waals surface area contributed by atoms with Gasteiger partial charge in [0.1, 0.15) is 23.5 Å². The summed E-state index contributed by atoms with van der Waals surface area (Å²) in [5, 5.41) is 3.54. The Bertz CT molecular complexity index is 1320. The smallest absolute Gasteiger partial charge is 0.255 e. The topological polar surface area (TPSA) is 106 Å². The van der Waals surface area contributed by atoms with E-state index in [4.69, 9.17) is 5.73 Å². The van der Waals surface area contributed by atoms with Crippen molar-refractivity contribution >= 4 is 28.7 Å². The third-order valence-electron chi connectivity index (χ3n) is 6.31. The molecule has 0 bridgehead atoms. The zero-order valence-electron chi connectivity index (χ0n) is 19.6. The minimum Gasteiger partial charge on any atom is -0.383 e. The number of hydrogen-bond donors (Lipinski definition) is 2. The van der Waals surface area contributed by atoms with Gasteiger partial charge in [-0.2, -0.15) is 0 Å². The van der Waals surface area contributed by atoms with Crippen molar-refractivity contribution in [3.63, 3.8) is 0 Å². The van der Waals surface area contributed by atoms with Crippen LogP contribution in [0.15, 0.2) is 49.3 Å². The lowest BCUT2D eigenvalue weighted by Crippen LogP contribution is -2.32. The van der Waals surface area contributed by atoms with Crippen molar-refractivity contribution in [2.45, 2.75) is 45.3 Å². The van der Waals surface area contributed by atoms with Crippen molar-refractivity contribution in [1.29, 1.82) is 0 Å². The molecular formula is C26H28N6O2. The number of nitrogens with zero attached hydrogens (tertiary/aromatic N) is 4. The van der Waals surface area contributed by atoms with Gasteiger partial charge in [-0.25, -0.2) is 9.97 Å². The molecule has 34 heavy (non-hydrogen) atoms. The van der Waals surface area contributed by atoms with Gasteiger partial charge < -0.3 is 20.5 Å². The van der Waals surface area contributed by atoms with Crippen LogP contribution in [-0.4, -0.2) is 43.8 Å². The number of carbonyl (C=O) groups excluding carboxylic acids is 2. The molecule has 8 nitrogen and oxygen atoms in total. The second kappa shape index (κ2) is 9.40. The van der Waals surface area contributed by atoms with Crippen molar-refractivity contribution in [3.8, 4) is 11.8 Å². The molecular weight excluding hydrogens is 428 g/mol. The molecule has 3 aromatic rings. The van der Waals surface area contributed by atoms with Crippen LogP contribution in [0.3, 0.4) is 0 Å². The predicted molar refractivity (Wildman–Crippen MR) is 132 cm³/mol. The summed E-state index contributed by atoms with van der Waals surface area (Å²) in [6.07, 6.45) is 3.40. The Hall–Kier alpha value is -4.12. The molecule has 3 N–H and O–H groups in total. The number of fused-ring (bicyclic) bond motifs is 1. The van der Waals surface area contributed by atoms with Gasteiger partial charge in [0.05, 0.1) is 23.0 Å². The molecule has 3 heterocycles. The van der Waals surface area contributed by atoms with Crippen molar-refractivity contribution in [2.75, 3.05) is 12.3 Å². The van der Waals surface area contributed by atoms with Gasteiger partial charge >= 0.3 is 0 Å². The van der Waals surface area contributed by atoms with E-state index in [9.17, 15) is 9.59 Å².